The summed E-state index contributed by atoms with van der Waals surface area (Å²) in [4.78, 5) is 54.9. The molecule has 30 heavy (non-hydrogen) atoms. The zero-order chi connectivity index (χ0) is 21.0. The van der Waals surface area contributed by atoms with Gasteiger partial charge in [0.2, 0.25) is 17.7 Å². The first-order valence-corrected chi connectivity index (χ1v) is 10.8. The van der Waals surface area contributed by atoms with Crippen molar-refractivity contribution in [3.63, 3.8) is 0 Å². The van der Waals surface area contributed by atoms with Crippen molar-refractivity contribution in [2.45, 2.75) is 56.3 Å². The topological polar surface area (TPSA) is 104 Å². The van der Waals surface area contributed by atoms with Crippen LogP contribution in [0.2, 0.25) is 0 Å². The van der Waals surface area contributed by atoms with E-state index in [1.807, 2.05) is 0 Å². The molecule has 5 rings (SSSR count). The molecule has 0 spiro atoms. The van der Waals surface area contributed by atoms with E-state index in [9.17, 15) is 19.2 Å². The maximum atomic E-state index is 13.5. The van der Waals surface area contributed by atoms with Gasteiger partial charge < -0.3 is 25.0 Å². The number of rotatable bonds is 3. The molecule has 2 N–H and O–H groups in total. The SMILES string of the molecule is Cn1cccc1C(=O)N1CC[C@H]2NC(=O)[C@H]3C[C@H](NC(=O)C4CCC4)CN3C(=O)[C@H]21. The van der Waals surface area contributed by atoms with Crippen molar-refractivity contribution in [1.82, 2.24) is 25.0 Å². The Bertz CT molecular complexity index is 907. The molecule has 4 fully saturated rings. The highest BCUT2D eigenvalue weighted by atomic mass is 16.2. The maximum Gasteiger partial charge on any atom is 0.271 e. The van der Waals surface area contributed by atoms with Crippen LogP contribution in [0.1, 0.15) is 42.6 Å². The van der Waals surface area contributed by atoms with E-state index in [4.69, 9.17) is 0 Å². The minimum Gasteiger partial charge on any atom is -0.351 e. The van der Waals surface area contributed by atoms with Crippen LogP contribution in [0.15, 0.2) is 18.3 Å². The van der Waals surface area contributed by atoms with Crippen molar-refractivity contribution >= 4 is 23.6 Å². The summed E-state index contributed by atoms with van der Waals surface area (Å²) in [6.07, 6.45) is 5.66. The van der Waals surface area contributed by atoms with Gasteiger partial charge >= 0.3 is 0 Å². The average Bonchev–Trinajstić information content (AvgIpc) is 3.36. The molecule has 1 aromatic rings. The highest BCUT2D eigenvalue weighted by molar-refractivity contribution is 6.00. The van der Waals surface area contributed by atoms with Crippen molar-refractivity contribution in [2.75, 3.05) is 13.1 Å². The van der Waals surface area contributed by atoms with Gasteiger partial charge in [-0.05, 0) is 37.8 Å². The average molecular weight is 413 g/mol. The van der Waals surface area contributed by atoms with E-state index >= 15 is 0 Å². The molecule has 9 heteroatoms. The molecule has 0 bridgehead atoms. The van der Waals surface area contributed by atoms with Crippen molar-refractivity contribution < 1.29 is 19.2 Å². The summed E-state index contributed by atoms with van der Waals surface area (Å²) in [6.45, 7) is 0.733. The Kier molecular flexibility index (Phi) is 4.56. The molecular weight excluding hydrogens is 386 g/mol. The van der Waals surface area contributed by atoms with Crippen molar-refractivity contribution in [1.29, 1.82) is 0 Å². The molecular formula is C21H27N5O4. The van der Waals surface area contributed by atoms with E-state index in [2.05, 4.69) is 10.6 Å². The summed E-state index contributed by atoms with van der Waals surface area (Å²) >= 11 is 0. The molecule has 4 atom stereocenters. The van der Waals surface area contributed by atoms with Crippen LogP contribution < -0.4 is 10.6 Å². The second-order valence-electron chi connectivity index (χ2n) is 8.93. The summed E-state index contributed by atoms with van der Waals surface area (Å²) in [6, 6.07) is 1.63. The highest BCUT2D eigenvalue weighted by Gasteiger charge is 2.52. The number of carbonyl (C=O) groups excluding carboxylic acids is 4. The number of nitrogens with one attached hydrogen (secondary N) is 2. The molecule has 4 amide bonds. The van der Waals surface area contributed by atoms with E-state index in [1.165, 1.54) is 0 Å². The Hall–Kier alpha value is -2.84. The van der Waals surface area contributed by atoms with Gasteiger partial charge in [-0.25, -0.2) is 0 Å². The van der Waals surface area contributed by atoms with E-state index in [-0.39, 0.29) is 41.6 Å². The third-order valence-corrected chi connectivity index (χ3v) is 7.11. The Labute approximate surface area is 174 Å². The molecule has 9 nitrogen and oxygen atoms in total. The number of aryl methyl sites for hydroxylation is 1. The van der Waals surface area contributed by atoms with Gasteiger partial charge in [-0.1, -0.05) is 6.42 Å². The number of fused-ring (bicyclic) bond motifs is 2. The largest absolute Gasteiger partial charge is 0.351 e. The number of hydrogen-bond donors (Lipinski definition) is 2. The summed E-state index contributed by atoms with van der Waals surface area (Å²) in [7, 11) is 1.80. The minimum absolute atomic E-state index is 0.0241. The molecule has 0 radical (unpaired) electrons. The van der Waals surface area contributed by atoms with Gasteiger partial charge in [-0.15, -0.1) is 0 Å². The first-order chi connectivity index (χ1) is 14.4. The molecule has 0 aromatic carbocycles. The van der Waals surface area contributed by atoms with Gasteiger partial charge in [0.15, 0.2) is 0 Å². The van der Waals surface area contributed by atoms with Crippen molar-refractivity contribution in [2.24, 2.45) is 13.0 Å². The normalized spacial score (nSPS) is 31.0. The first-order valence-electron chi connectivity index (χ1n) is 10.8. The molecule has 3 saturated heterocycles. The Morgan fingerprint density at radius 1 is 1.20 bits per heavy atom. The van der Waals surface area contributed by atoms with Crippen LogP contribution >= 0.6 is 0 Å². The molecule has 1 aromatic heterocycles. The van der Waals surface area contributed by atoms with Crippen LogP contribution in [-0.2, 0) is 21.4 Å². The molecule has 0 unspecified atom stereocenters. The summed E-state index contributed by atoms with van der Waals surface area (Å²) in [5.41, 5.74) is 0.516. The number of amides is 4. The number of nitrogens with zero attached hydrogens (tertiary/aromatic N) is 3. The lowest BCUT2D eigenvalue weighted by Crippen LogP contribution is -2.53. The van der Waals surface area contributed by atoms with E-state index in [1.54, 1.807) is 39.7 Å². The Morgan fingerprint density at radius 2 is 2.00 bits per heavy atom. The van der Waals surface area contributed by atoms with E-state index < -0.39 is 12.1 Å². The quantitative estimate of drug-likeness (QED) is 0.705. The molecule has 3 aliphatic heterocycles. The van der Waals surface area contributed by atoms with Crippen LogP contribution in [0.3, 0.4) is 0 Å². The molecule has 1 saturated carbocycles. The van der Waals surface area contributed by atoms with Gasteiger partial charge in [0.1, 0.15) is 17.8 Å². The predicted molar refractivity (Wildman–Crippen MR) is 106 cm³/mol. The number of aromatic nitrogens is 1. The zero-order valence-electron chi connectivity index (χ0n) is 17.0. The van der Waals surface area contributed by atoms with E-state index in [0.717, 1.165) is 19.3 Å². The minimum atomic E-state index is -0.706. The third kappa shape index (κ3) is 2.98. The molecule has 160 valence electrons. The van der Waals surface area contributed by atoms with Crippen LogP contribution in [0.25, 0.3) is 0 Å². The predicted octanol–water partition coefficient (Wildman–Crippen LogP) is -0.376. The number of likely N-dealkylation sites (tertiary alicyclic amines) is 1. The lowest BCUT2D eigenvalue weighted by molar-refractivity contribution is -0.138. The van der Waals surface area contributed by atoms with Gasteiger partial charge in [-0.3, -0.25) is 19.2 Å². The summed E-state index contributed by atoms with van der Waals surface area (Å²) < 4.78 is 1.74. The second kappa shape index (κ2) is 7.14. The standard InChI is InChI=1S/C21H27N5O4/c1-24-8-3-6-15(24)20(29)25-9-7-14-17(25)21(30)26-11-13(10-16(26)19(28)23-14)22-18(27)12-4-2-5-12/h3,6,8,12-14,16-17H,2,4-5,7,9-11H2,1H3,(H,22,27)(H,23,28)/t13-,14+,16+,17-/m0/s1. The van der Waals surface area contributed by atoms with Crippen molar-refractivity contribution in [3.05, 3.63) is 24.0 Å². The first kappa shape index (κ1) is 19.1. The van der Waals surface area contributed by atoms with Crippen LogP contribution in [0.5, 0.6) is 0 Å². The number of carbonyl (C=O) groups is 4. The molecule has 4 aliphatic rings. The summed E-state index contributed by atoms with van der Waals surface area (Å²) in [5, 5.41) is 6.02. The van der Waals surface area contributed by atoms with E-state index in [0.29, 0.717) is 31.6 Å². The number of hydrogen-bond acceptors (Lipinski definition) is 4. The monoisotopic (exact) mass is 413 g/mol. The van der Waals surface area contributed by atoms with Gasteiger partial charge in [0.05, 0.1) is 6.04 Å². The summed E-state index contributed by atoms with van der Waals surface area (Å²) in [5.74, 6) is -0.512. The smallest absolute Gasteiger partial charge is 0.271 e. The van der Waals surface area contributed by atoms with Crippen molar-refractivity contribution in [3.8, 4) is 0 Å². The van der Waals surface area contributed by atoms with Crippen LogP contribution in [-0.4, -0.2) is 75.3 Å². The maximum absolute atomic E-state index is 13.5. The van der Waals surface area contributed by atoms with Gasteiger partial charge in [0.25, 0.3) is 5.91 Å². The second-order valence-corrected chi connectivity index (χ2v) is 8.93. The van der Waals surface area contributed by atoms with Gasteiger partial charge in [-0.2, -0.15) is 0 Å². The Balaban J connectivity index is 1.35. The van der Waals surface area contributed by atoms with Crippen LogP contribution in [0.4, 0.5) is 0 Å². The lowest BCUT2D eigenvalue weighted by Gasteiger charge is -2.29. The Morgan fingerprint density at radius 3 is 2.67 bits per heavy atom. The molecule has 4 heterocycles. The molecule has 1 aliphatic carbocycles. The fourth-order valence-corrected chi connectivity index (χ4v) is 5.18. The van der Waals surface area contributed by atoms with Crippen LogP contribution in [0, 0.1) is 5.92 Å². The van der Waals surface area contributed by atoms with Gasteiger partial charge in [0, 0.05) is 38.3 Å². The fourth-order valence-electron chi connectivity index (χ4n) is 5.18. The fraction of sp³-hybridized carbons (Fsp3) is 0.619. The third-order valence-electron chi connectivity index (χ3n) is 7.11. The lowest BCUT2D eigenvalue weighted by atomic mass is 9.84. The highest BCUT2D eigenvalue weighted by Crippen LogP contribution is 2.31. The zero-order valence-corrected chi connectivity index (χ0v) is 17.0.